The van der Waals surface area contributed by atoms with Gasteiger partial charge >= 0.3 is 5.97 Å². The molecule has 0 fully saturated rings. The Morgan fingerprint density at radius 2 is 2.17 bits per heavy atom. The Balaban J connectivity index is 3.11. The topological polar surface area (TPSA) is 110 Å². The van der Waals surface area contributed by atoms with E-state index in [0.29, 0.717) is 6.61 Å². The first-order valence-electron chi connectivity index (χ1n) is 5.34. The van der Waals surface area contributed by atoms with Crippen molar-refractivity contribution in [2.45, 2.75) is 19.8 Å². The summed E-state index contributed by atoms with van der Waals surface area (Å²) in [5, 5.41) is 29.0. The van der Waals surface area contributed by atoms with Gasteiger partial charge in [0.25, 0.3) is 5.69 Å². The fraction of sp³-hybridized carbons (Fsp3) is 0.364. The highest BCUT2D eigenvalue weighted by Crippen LogP contribution is 2.33. The minimum absolute atomic E-state index is 0.0832. The number of carboxylic acid groups (broad SMARTS) is 1. The molecular weight excluding hydrogens is 242 g/mol. The van der Waals surface area contributed by atoms with Gasteiger partial charge in [-0.15, -0.1) is 0 Å². The number of unbranched alkanes of at least 4 members (excludes halogenated alkanes) is 1. The molecule has 0 atom stereocenters. The highest BCUT2D eigenvalue weighted by molar-refractivity contribution is 5.93. The number of hydrogen-bond acceptors (Lipinski definition) is 5. The summed E-state index contributed by atoms with van der Waals surface area (Å²) in [6.07, 6.45) is 1.60. The molecule has 0 heterocycles. The molecule has 0 aliphatic carbocycles. The number of ether oxygens (including phenoxy) is 1. The van der Waals surface area contributed by atoms with E-state index in [2.05, 4.69) is 0 Å². The third-order valence-corrected chi connectivity index (χ3v) is 2.26. The van der Waals surface area contributed by atoms with Crippen LogP contribution in [-0.2, 0) is 0 Å². The zero-order chi connectivity index (χ0) is 13.7. The summed E-state index contributed by atoms with van der Waals surface area (Å²) >= 11 is 0. The highest BCUT2D eigenvalue weighted by Gasteiger charge is 2.23. The molecule has 0 spiro atoms. The zero-order valence-electron chi connectivity index (χ0n) is 9.75. The lowest BCUT2D eigenvalue weighted by Crippen LogP contribution is -2.04. The van der Waals surface area contributed by atoms with Crippen molar-refractivity contribution in [3.8, 4) is 11.5 Å². The Bertz CT molecular complexity index is 471. The standard InChI is InChI=1S/C11H13NO6/c1-2-3-4-18-10-6-8(12(16)17)7(11(14)15)5-9(10)13/h5-6,13H,2-4H2,1H3,(H,14,15). The minimum Gasteiger partial charge on any atom is -0.504 e. The SMILES string of the molecule is CCCCOc1cc([N+](=O)[O-])c(C(=O)O)cc1O. The predicted molar refractivity (Wildman–Crippen MR) is 62.1 cm³/mol. The maximum atomic E-state index is 10.8. The van der Waals surface area contributed by atoms with Crippen molar-refractivity contribution in [1.29, 1.82) is 0 Å². The number of nitro benzene ring substituents is 1. The summed E-state index contributed by atoms with van der Waals surface area (Å²) in [7, 11) is 0. The molecule has 0 amide bonds. The van der Waals surface area contributed by atoms with Gasteiger partial charge in [0.05, 0.1) is 17.6 Å². The Kier molecular flexibility index (Phi) is 4.47. The first kappa shape index (κ1) is 13.8. The van der Waals surface area contributed by atoms with Crippen LogP contribution in [0.5, 0.6) is 11.5 Å². The molecule has 18 heavy (non-hydrogen) atoms. The van der Waals surface area contributed by atoms with Gasteiger partial charge in [-0.2, -0.15) is 0 Å². The van der Waals surface area contributed by atoms with Crippen LogP contribution in [0.2, 0.25) is 0 Å². The summed E-state index contributed by atoms with van der Waals surface area (Å²) in [6, 6.07) is 1.75. The Labute approximate surface area is 103 Å². The number of carboxylic acids is 1. The van der Waals surface area contributed by atoms with Crippen LogP contribution >= 0.6 is 0 Å². The van der Waals surface area contributed by atoms with Crippen LogP contribution in [-0.4, -0.2) is 27.7 Å². The minimum atomic E-state index is -1.47. The zero-order valence-corrected chi connectivity index (χ0v) is 9.75. The molecule has 0 unspecified atom stereocenters. The molecule has 7 heteroatoms. The summed E-state index contributed by atoms with van der Waals surface area (Å²) in [5.74, 6) is -1.98. The Hall–Kier alpha value is -2.31. The molecule has 0 saturated heterocycles. The summed E-state index contributed by atoms with van der Waals surface area (Å²) in [4.78, 5) is 20.7. The van der Waals surface area contributed by atoms with Crippen molar-refractivity contribution in [2.75, 3.05) is 6.61 Å². The van der Waals surface area contributed by atoms with Crippen molar-refractivity contribution in [2.24, 2.45) is 0 Å². The van der Waals surface area contributed by atoms with E-state index in [1.807, 2.05) is 6.92 Å². The Morgan fingerprint density at radius 1 is 1.50 bits per heavy atom. The number of aromatic carboxylic acids is 1. The van der Waals surface area contributed by atoms with Crippen molar-refractivity contribution >= 4 is 11.7 Å². The van der Waals surface area contributed by atoms with Gasteiger partial charge in [-0.25, -0.2) is 4.79 Å². The van der Waals surface area contributed by atoms with Crippen LogP contribution in [0.25, 0.3) is 0 Å². The number of phenols is 1. The predicted octanol–water partition coefficient (Wildman–Crippen LogP) is 2.18. The summed E-state index contributed by atoms with van der Waals surface area (Å²) in [6.45, 7) is 2.24. The second-order valence-corrected chi connectivity index (χ2v) is 3.60. The lowest BCUT2D eigenvalue weighted by atomic mass is 10.1. The van der Waals surface area contributed by atoms with Gasteiger partial charge in [-0.3, -0.25) is 10.1 Å². The molecule has 1 aromatic rings. The number of benzene rings is 1. The van der Waals surface area contributed by atoms with E-state index in [9.17, 15) is 20.0 Å². The number of rotatable bonds is 6. The van der Waals surface area contributed by atoms with Crippen LogP contribution < -0.4 is 4.74 Å². The number of phenolic OH excluding ortho intramolecular Hbond substituents is 1. The highest BCUT2D eigenvalue weighted by atomic mass is 16.6. The van der Waals surface area contributed by atoms with Crippen LogP contribution in [0.3, 0.4) is 0 Å². The summed E-state index contributed by atoms with van der Waals surface area (Å²) < 4.78 is 5.16. The smallest absolute Gasteiger partial charge is 0.342 e. The molecular formula is C11H13NO6. The number of aromatic hydroxyl groups is 1. The normalized spacial score (nSPS) is 10.1. The van der Waals surface area contributed by atoms with E-state index in [-0.39, 0.29) is 5.75 Å². The van der Waals surface area contributed by atoms with Crippen molar-refractivity contribution in [1.82, 2.24) is 0 Å². The lowest BCUT2D eigenvalue weighted by Gasteiger charge is -2.08. The molecule has 0 saturated carbocycles. The van der Waals surface area contributed by atoms with Crippen LogP contribution in [0.1, 0.15) is 30.1 Å². The molecule has 98 valence electrons. The molecule has 0 aliphatic heterocycles. The van der Waals surface area contributed by atoms with Gasteiger partial charge in [-0.05, 0) is 6.42 Å². The number of hydrogen-bond donors (Lipinski definition) is 2. The van der Waals surface area contributed by atoms with Crippen LogP contribution in [0.15, 0.2) is 12.1 Å². The van der Waals surface area contributed by atoms with E-state index in [1.165, 1.54) is 0 Å². The molecule has 7 nitrogen and oxygen atoms in total. The fourth-order valence-electron chi connectivity index (χ4n) is 1.32. The fourth-order valence-corrected chi connectivity index (χ4v) is 1.32. The second kappa shape index (κ2) is 5.85. The monoisotopic (exact) mass is 255 g/mol. The Morgan fingerprint density at radius 3 is 2.67 bits per heavy atom. The van der Waals surface area contributed by atoms with Gasteiger partial charge in [0, 0.05) is 6.07 Å². The van der Waals surface area contributed by atoms with E-state index in [4.69, 9.17) is 9.84 Å². The van der Waals surface area contributed by atoms with Crippen LogP contribution in [0.4, 0.5) is 5.69 Å². The molecule has 0 aromatic heterocycles. The largest absolute Gasteiger partial charge is 0.504 e. The van der Waals surface area contributed by atoms with Gasteiger partial charge < -0.3 is 14.9 Å². The van der Waals surface area contributed by atoms with E-state index >= 15 is 0 Å². The average Bonchev–Trinajstić information content (AvgIpc) is 2.30. The third kappa shape index (κ3) is 3.09. The first-order chi connectivity index (χ1) is 8.47. The number of nitrogens with zero attached hydrogens (tertiary/aromatic N) is 1. The number of nitro groups is 1. The van der Waals surface area contributed by atoms with Crippen molar-refractivity contribution < 1.29 is 24.7 Å². The van der Waals surface area contributed by atoms with E-state index < -0.39 is 27.9 Å². The van der Waals surface area contributed by atoms with Crippen molar-refractivity contribution in [3.63, 3.8) is 0 Å². The van der Waals surface area contributed by atoms with E-state index in [1.54, 1.807) is 0 Å². The van der Waals surface area contributed by atoms with Crippen LogP contribution in [0, 0.1) is 10.1 Å². The quantitative estimate of drug-likeness (QED) is 0.458. The molecule has 0 aliphatic rings. The first-order valence-corrected chi connectivity index (χ1v) is 5.34. The molecule has 0 radical (unpaired) electrons. The van der Waals surface area contributed by atoms with E-state index in [0.717, 1.165) is 25.0 Å². The molecule has 1 aromatic carbocycles. The molecule has 1 rings (SSSR count). The lowest BCUT2D eigenvalue weighted by molar-refractivity contribution is -0.385. The number of carbonyl (C=O) groups is 1. The van der Waals surface area contributed by atoms with Gasteiger partial charge in [0.1, 0.15) is 5.56 Å². The molecule has 0 bridgehead atoms. The second-order valence-electron chi connectivity index (χ2n) is 3.60. The average molecular weight is 255 g/mol. The van der Waals surface area contributed by atoms with Gasteiger partial charge in [0.2, 0.25) is 0 Å². The maximum absolute atomic E-state index is 10.8. The van der Waals surface area contributed by atoms with Gasteiger partial charge in [0.15, 0.2) is 11.5 Å². The maximum Gasteiger partial charge on any atom is 0.342 e. The molecule has 2 N–H and O–H groups in total. The summed E-state index contributed by atoms with van der Waals surface area (Å²) in [5.41, 5.74) is -1.17. The van der Waals surface area contributed by atoms with Gasteiger partial charge in [-0.1, -0.05) is 13.3 Å². The third-order valence-electron chi connectivity index (χ3n) is 2.26. The van der Waals surface area contributed by atoms with Crippen molar-refractivity contribution in [3.05, 3.63) is 27.8 Å².